The van der Waals surface area contributed by atoms with Crippen LogP contribution in [0.1, 0.15) is 26.7 Å². The van der Waals surface area contributed by atoms with Gasteiger partial charge in [0.2, 0.25) is 0 Å². The van der Waals surface area contributed by atoms with Crippen molar-refractivity contribution in [2.45, 2.75) is 26.7 Å². The van der Waals surface area contributed by atoms with Crippen molar-refractivity contribution < 1.29 is 14.4 Å². The van der Waals surface area contributed by atoms with Crippen LogP contribution in [0, 0.1) is 11.8 Å². The predicted molar refractivity (Wildman–Crippen MR) is 42.6 cm³/mol. The van der Waals surface area contributed by atoms with Gasteiger partial charge < -0.3 is 0 Å². The SMILES string of the molecule is CC(=O)C1CCC(C(C)=O)C1=O. The fraction of sp³-hybridized carbons (Fsp3) is 0.667. The Morgan fingerprint density at radius 3 is 1.58 bits per heavy atom. The van der Waals surface area contributed by atoms with E-state index in [-0.39, 0.29) is 17.3 Å². The minimum atomic E-state index is -0.501. The summed E-state index contributed by atoms with van der Waals surface area (Å²) in [5.74, 6) is -1.39. The lowest BCUT2D eigenvalue weighted by Crippen LogP contribution is -2.23. The van der Waals surface area contributed by atoms with E-state index < -0.39 is 11.8 Å². The highest BCUT2D eigenvalue weighted by Gasteiger charge is 2.38. The molecular formula is C9H12O3. The molecule has 0 spiro atoms. The highest BCUT2D eigenvalue weighted by molar-refractivity contribution is 6.12. The van der Waals surface area contributed by atoms with Crippen LogP contribution in [0.15, 0.2) is 0 Å². The molecule has 0 aliphatic heterocycles. The zero-order valence-electron chi connectivity index (χ0n) is 7.29. The average molecular weight is 168 g/mol. The lowest BCUT2D eigenvalue weighted by molar-refractivity contribution is -0.134. The highest BCUT2D eigenvalue weighted by Crippen LogP contribution is 2.28. The molecule has 0 heterocycles. The topological polar surface area (TPSA) is 51.2 Å². The number of Topliss-reactive ketones (excluding diaryl/α,β-unsaturated/α-hetero) is 3. The molecule has 0 bridgehead atoms. The summed E-state index contributed by atoms with van der Waals surface area (Å²) in [6.07, 6.45) is 1.11. The molecule has 3 heteroatoms. The van der Waals surface area contributed by atoms with Crippen molar-refractivity contribution in [3.63, 3.8) is 0 Å². The summed E-state index contributed by atoms with van der Waals surface area (Å²) in [6, 6.07) is 0. The first-order valence-corrected chi connectivity index (χ1v) is 4.08. The van der Waals surface area contributed by atoms with Gasteiger partial charge in [0.05, 0.1) is 11.8 Å². The van der Waals surface area contributed by atoms with Gasteiger partial charge in [-0.05, 0) is 26.7 Å². The lowest BCUT2D eigenvalue weighted by Gasteiger charge is -2.03. The minimum absolute atomic E-state index is 0.108. The van der Waals surface area contributed by atoms with E-state index >= 15 is 0 Å². The third kappa shape index (κ3) is 1.44. The molecule has 3 nitrogen and oxygen atoms in total. The Labute approximate surface area is 71.1 Å². The largest absolute Gasteiger partial charge is 0.299 e. The Morgan fingerprint density at radius 1 is 1.08 bits per heavy atom. The second-order valence-electron chi connectivity index (χ2n) is 3.31. The summed E-state index contributed by atoms with van der Waals surface area (Å²) in [6.45, 7) is 2.82. The third-order valence-electron chi connectivity index (χ3n) is 2.41. The average Bonchev–Trinajstić information content (AvgIpc) is 2.30. The number of hydrogen-bond donors (Lipinski definition) is 0. The molecule has 1 rings (SSSR count). The molecule has 12 heavy (non-hydrogen) atoms. The van der Waals surface area contributed by atoms with E-state index in [1.165, 1.54) is 13.8 Å². The molecular weight excluding hydrogens is 156 g/mol. The van der Waals surface area contributed by atoms with Crippen LogP contribution >= 0.6 is 0 Å². The van der Waals surface area contributed by atoms with E-state index in [4.69, 9.17) is 0 Å². The number of hydrogen-bond acceptors (Lipinski definition) is 3. The summed E-state index contributed by atoms with van der Waals surface area (Å²) in [7, 11) is 0. The van der Waals surface area contributed by atoms with E-state index in [9.17, 15) is 14.4 Å². The molecule has 0 N–H and O–H groups in total. The summed E-state index contributed by atoms with van der Waals surface area (Å²) >= 11 is 0. The Bertz CT molecular complexity index is 218. The van der Waals surface area contributed by atoms with Gasteiger partial charge in [0.1, 0.15) is 11.6 Å². The molecule has 0 aromatic carbocycles. The summed E-state index contributed by atoms with van der Waals surface area (Å²) in [4.78, 5) is 33.1. The van der Waals surface area contributed by atoms with Crippen molar-refractivity contribution in [1.29, 1.82) is 0 Å². The third-order valence-corrected chi connectivity index (χ3v) is 2.41. The van der Waals surface area contributed by atoms with Crippen LogP contribution in [0.2, 0.25) is 0 Å². The Kier molecular flexibility index (Phi) is 2.40. The first-order chi connectivity index (χ1) is 5.54. The van der Waals surface area contributed by atoms with E-state index in [0.717, 1.165) is 0 Å². The van der Waals surface area contributed by atoms with E-state index in [2.05, 4.69) is 0 Å². The molecule has 66 valence electrons. The fourth-order valence-electron chi connectivity index (χ4n) is 1.67. The van der Waals surface area contributed by atoms with Crippen molar-refractivity contribution in [2.24, 2.45) is 11.8 Å². The summed E-state index contributed by atoms with van der Waals surface area (Å²) < 4.78 is 0. The van der Waals surface area contributed by atoms with Gasteiger partial charge in [0.25, 0.3) is 0 Å². The van der Waals surface area contributed by atoms with Crippen LogP contribution in [0.4, 0.5) is 0 Å². The standard InChI is InChI=1S/C9H12O3/c1-5(10)7-3-4-8(6(2)11)9(7)12/h7-8H,3-4H2,1-2H3. The fourth-order valence-corrected chi connectivity index (χ4v) is 1.67. The van der Waals surface area contributed by atoms with E-state index in [1.54, 1.807) is 0 Å². The van der Waals surface area contributed by atoms with Gasteiger partial charge in [-0.15, -0.1) is 0 Å². The van der Waals surface area contributed by atoms with Crippen LogP contribution in [-0.4, -0.2) is 17.3 Å². The Hall–Kier alpha value is -0.990. The minimum Gasteiger partial charge on any atom is -0.299 e. The first-order valence-electron chi connectivity index (χ1n) is 4.08. The Balaban J connectivity index is 2.74. The maximum absolute atomic E-state index is 11.3. The molecule has 0 radical (unpaired) electrons. The number of ketones is 3. The molecule has 1 aliphatic carbocycles. The second kappa shape index (κ2) is 3.17. The van der Waals surface area contributed by atoms with E-state index in [0.29, 0.717) is 12.8 Å². The van der Waals surface area contributed by atoms with Crippen LogP contribution in [0.25, 0.3) is 0 Å². The van der Waals surface area contributed by atoms with Crippen LogP contribution in [-0.2, 0) is 14.4 Å². The second-order valence-corrected chi connectivity index (χ2v) is 3.31. The monoisotopic (exact) mass is 168 g/mol. The van der Waals surface area contributed by atoms with Crippen molar-refractivity contribution >= 4 is 17.3 Å². The molecule has 1 fully saturated rings. The van der Waals surface area contributed by atoms with Gasteiger partial charge in [-0.3, -0.25) is 14.4 Å². The van der Waals surface area contributed by atoms with Gasteiger partial charge >= 0.3 is 0 Å². The number of carbonyl (C=O) groups excluding carboxylic acids is 3. The molecule has 2 unspecified atom stereocenters. The zero-order chi connectivity index (χ0) is 9.30. The van der Waals surface area contributed by atoms with Gasteiger partial charge in [-0.2, -0.15) is 0 Å². The van der Waals surface area contributed by atoms with Crippen molar-refractivity contribution in [3.05, 3.63) is 0 Å². The number of rotatable bonds is 2. The normalized spacial score (nSPS) is 29.0. The molecule has 0 aromatic rings. The molecule has 0 aromatic heterocycles. The maximum atomic E-state index is 11.3. The van der Waals surface area contributed by atoms with Crippen LogP contribution < -0.4 is 0 Å². The van der Waals surface area contributed by atoms with Gasteiger partial charge in [-0.25, -0.2) is 0 Å². The van der Waals surface area contributed by atoms with Gasteiger partial charge in [0.15, 0.2) is 5.78 Å². The predicted octanol–water partition coefficient (Wildman–Crippen LogP) is 0.760. The smallest absolute Gasteiger partial charge is 0.153 e. The quantitative estimate of drug-likeness (QED) is 0.572. The van der Waals surface area contributed by atoms with Crippen molar-refractivity contribution in [1.82, 2.24) is 0 Å². The molecule has 1 saturated carbocycles. The lowest BCUT2D eigenvalue weighted by atomic mass is 9.98. The maximum Gasteiger partial charge on any atom is 0.153 e. The molecule has 1 aliphatic rings. The van der Waals surface area contributed by atoms with Crippen LogP contribution in [0.3, 0.4) is 0 Å². The first kappa shape index (κ1) is 9.10. The highest BCUT2D eigenvalue weighted by atomic mass is 16.2. The van der Waals surface area contributed by atoms with E-state index in [1.807, 2.05) is 0 Å². The zero-order valence-corrected chi connectivity index (χ0v) is 7.29. The molecule has 0 amide bonds. The Morgan fingerprint density at radius 2 is 1.42 bits per heavy atom. The van der Waals surface area contributed by atoms with Crippen molar-refractivity contribution in [3.8, 4) is 0 Å². The molecule has 2 atom stereocenters. The summed E-state index contributed by atoms with van der Waals surface area (Å²) in [5, 5.41) is 0. The number of carbonyl (C=O) groups is 3. The van der Waals surface area contributed by atoms with Crippen molar-refractivity contribution in [2.75, 3.05) is 0 Å². The molecule has 0 saturated heterocycles. The summed E-state index contributed by atoms with van der Waals surface area (Å²) in [5.41, 5.74) is 0. The van der Waals surface area contributed by atoms with Gasteiger partial charge in [0, 0.05) is 0 Å². The van der Waals surface area contributed by atoms with Gasteiger partial charge in [-0.1, -0.05) is 0 Å². The van der Waals surface area contributed by atoms with Crippen LogP contribution in [0.5, 0.6) is 0 Å².